The van der Waals surface area contributed by atoms with Crippen molar-refractivity contribution in [1.82, 2.24) is 0 Å². The summed E-state index contributed by atoms with van der Waals surface area (Å²) in [5.41, 5.74) is 7.00. The lowest BCUT2D eigenvalue weighted by atomic mass is 9.94. The monoisotopic (exact) mass is 418 g/mol. The molecule has 0 saturated carbocycles. The lowest BCUT2D eigenvalue weighted by Gasteiger charge is -2.10. The minimum absolute atomic E-state index is 0.443. The molecule has 0 atom stereocenters. The molecule has 0 aliphatic rings. The van der Waals surface area contributed by atoms with Gasteiger partial charge in [0.15, 0.2) is 0 Å². The first-order chi connectivity index (χ1) is 15.6. The molecule has 0 radical (unpaired) electrons. The summed E-state index contributed by atoms with van der Waals surface area (Å²) in [5.74, 6) is 0. The van der Waals surface area contributed by atoms with Crippen LogP contribution in [0.5, 0.6) is 0 Å². The Labute approximate surface area is 185 Å². The van der Waals surface area contributed by atoms with E-state index in [1.807, 2.05) is 48.5 Å². The quantitative estimate of drug-likeness (QED) is 0.349. The fourth-order valence-electron chi connectivity index (χ4n) is 3.72. The molecular formula is C28H18O4. The maximum Gasteiger partial charge on any atom is 0.150 e. The summed E-state index contributed by atoms with van der Waals surface area (Å²) < 4.78 is 0. The molecule has 0 amide bonds. The Morgan fingerprint density at radius 2 is 0.625 bits per heavy atom. The molecule has 0 saturated heterocycles. The van der Waals surface area contributed by atoms with Crippen LogP contribution in [0.15, 0.2) is 84.9 Å². The van der Waals surface area contributed by atoms with Gasteiger partial charge < -0.3 is 0 Å². The van der Waals surface area contributed by atoms with Crippen molar-refractivity contribution in [2.24, 2.45) is 0 Å². The summed E-state index contributed by atoms with van der Waals surface area (Å²) in [6.45, 7) is 0. The van der Waals surface area contributed by atoms with Gasteiger partial charge in [0.25, 0.3) is 0 Å². The molecule has 4 rings (SSSR count). The number of carbonyl (C=O) groups excluding carboxylic acids is 4. The van der Waals surface area contributed by atoms with Crippen molar-refractivity contribution >= 4 is 25.1 Å². The van der Waals surface area contributed by atoms with Crippen molar-refractivity contribution in [3.8, 4) is 33.4 Å². The molecule has 4 aromatic rings. The summed E-state index contributed by atoms with van der Waals surface area (Å²) >= 11 is 0. The first kappa shape index (κ1) is 20.8. The van der Waals surface area contributed by atoms with Crippen LogP contribution >= 0.6 is 0 Å². The first-order valence-corrected chi connectivity index (χ1v) is 9.95. The lowest BCUT2D eigenvalue weighted by Crippen LogP contribution is -1.90. The third-order valence-electron chi connectivity index (χ3n) is 5.22. The first-order valence-electron chi connectivity index (χ1n) is 9.95. The molecule has 4 aromatic carbocycles. The Hall–Kier alpha value is -4.44. The van der Waals surface area contributed by atoms with Gasteiger partial charge in [0.05, 0.1) is 0 Å². The standard InChI is InChI=1S/C28H18O4/c29-15-19-7-20(16-30)10-27(9-19)25-5-1-3-23(13-25)24-4-2-6-26(14-24)28-11-21(17-31)8-22(12-28)18-32/h1-18H. The van der Waals surface area contributed by atoms with Gasteiger partial charge in [-0.2, -0.15) is 0 Å². The highest BCUT2D eigenvalue weighted by Gasteiger charge is 2.08. The maximum absolute atomic E-state index is 11.3. The zero-order valence-electron chi connectivity index (χ0n) is 17.0. The largest absolute Gasteiger partial charge is 0.298 e. The summed E-state index contributed by atoms with van der Waals surface area (Å²) in [6.07, 6.45) is 2.91. The predicted octanol–water partition coefficient (Wildman–Crippen LogP) is 5.94. The second kappa shape index (κ2) is 9.14. The van der Waals surface area contributed by atoms with E-state index >= 15 is 0 Å². The van der Waals surface area contributed by atoms with E-state index in [0.717, 1.165) is 58.5 Å². The summed E-state index contributed by atoms with van der Waals surface area (Å²) in [6, 6.07) is 25.8. The molecule has 4 heteroatoms. The van der Waals surface area contributed by atoms with E-state index in [1.165, 1.54) is 0 Å². The molecule has 0 aliphatic heterocycles. The Kier molecular flexibility index (Phi) is 5.95. The molecule has 154 valence electrons. The molecule has 0 N–H and O–H groups in total. The second-order valence-electron chi connectivity index (χ2n) is 7.41. The van der Waals surface area contributed by atoms with E-state index in [9.17, 15) is 19.2 Å². The average molecular weight is 418 g/mol. The molecule has 0 bridgehead atoms. The van der Waals surface area contributed by atoms with E-state index in [1.54, 1.807) is 36.4 Å². The molecule has 0 heterocycles. The maximum atomic E-state index is 11.3. The number of aldehydes is 4. The molecule has 0 spiro atoms. The zero-order valence-corrected chi connectivity index (χ0v) is 17.0. The van der Waals surface area contributed by atoms with E-state index in [-0.39, 0.29) is 0 Å². The van der Waals surface area contributed by atoms with Crippen molar-refractivity contribution in [3.63, 3.8) is 0 Å². The molecule has 0 aliphatic carbocycles. The van der Waals surface area contributed by atoms with E-state index in [0.29, 0.717) is 22.3 Å². The van der Waals surface area contributed by atoms with Crippen LogP contribution < -0.4 is 0 Å². The van der Waals surface area contributed by atoms with Crippen LogP contribution in [0.2, 0.25) is 0 Å². The molecule has 32 heavy (non-hydrogen) atoms. The second-order valence-corrected chi connectivity index (χ2v) is 7.41. The summed E-state index contributed by atoms with van der Waals surface area (Å²) in [4.78, 5) is 45.0. The van der Waals surface area contributed by atoms with Crippen LogP contribution in [0.4, 0.5) is 0 Å². The van der Waals surface area contributed by atoms with Gasteiger partial charge in [0.1, 0.15) is 25.1 Å². The molecule has 4 nitrogen and oxygen atoms in total. The van der Waals surface area contributed by atoms with Crippen molar-refractivity contribution in [2.75, 3.05) is 0 Å². The SMILES string of the molecule is O=Cc1cc(C=O)cc(-c2cccc(-c3cccc(-c4cc(C=O)cc(C=O)c4)c3)c2)c1. The van der Waals surface area contributed by atoms with E-state index < -0.39 is 0 Å². The smallest absolute Gasteiger partial charge is 0.150 e. The van der Waals surface area contributed by atoms with Gasteiger partial charge >= 0.3 is 0 Å². The predicted molar refractivity (Wildman–Crippen MR) is 124 cm³/mol. The van der Waals surface area contributed by atoms with Crippen LogP contribution in [-0.2, 0) is 0 Å². The highest BCUT2D eigenvalue weighted by molar-refractivity contribution is 5.88. The zero-order chi connectivity index (χ0) is 22.5. The lowest BCUT2D eigenvalue weighted by molar-refractivity contribution is 0.111. The number of carbonyl (C=O) groups is 4. The average Bonchev–Trinajstić information content (AvgIpc) is 2.88. The van der Waals surface area contributed by atoms with Crippen molar-refractivity contribution in [3.05, 3.63) is 107 Å². The normalized spacial score (nSPS) is 10.4. The minimum atomic E-state index is 0.443. The van der Waals surface area contributed by atoms with Gasteiger partial charge in [-0.25, -0.2) is 0 Å². The van der Waals surface area contributed by atoms with Gasteiger partial charge in [-0.05, 0) is 81.9 Å². The van der Waals surface area contributed by atoms with E-state index in [2.05, 4.69) is 0 Å². The number of benzene rings is 4. The van der Waals surface area contributed by atoms with Crippen LogP contribution in [0.1, 0.15) is 41.4 Å². The van der Waals surface area contributed by atoms with Gasteiger partial charge in [0, 0.05) is 22.3 Å². The summed E-state index contributed by atoms with van der Waals surface area (Å²) in [5, 5.41) is 0. The molecular weight excluding hydrogens is 400 g/mol. The Bertz CT molecular complexity index is 1190. The molecule has 0 aromatic heterocycles. The highest BCUT2D eigenvalue weighted by atomic mass is 16.1. The Morgan fingerprint density at radius 3 is 0.906 bits per heavy atom. The molecule has 0 fully saturated rings. The van der Waals surface area contributed by atoms with Crippen molar-refractivity contribution in [2.45, 2.75) is 0 Å². The number of rotatable bonds is 7. The Balaban J connectivity index is 1.77. The van der Waals surface area contributed by atoms with Crippen LogP contribution in [-0.4, -0.2) is 25.1 Å². The van der Waals surface area contributed by atoms with Crippen LogP contribution in [0, 0.1) is 0 Å². The van der Waals surface area contributed by atoms with Gasteiger partial charge in [-0.15, -0.1) is 0 Å². The third kappa shape index (κ3) is 4.35. The van der Waals surface area contributed by atoms with E-state index in [4.69, 9.17) is 0 Å². The Morgan fingerprint density at radius 1 is 0.344 bits per heavy atom. The van der Waals surface area contributed by atoms with Crippen molar-refractivity contribution < 1.29 is 19.2 Å². The fourth-order valence-corrected chi connectivity index (χ4v) is 3.72. The van der Waals surface area contributed by atoms with Gasteiger partial charge in [0.2, 0.25) is 0 Å². The fraction of sp³-hybridized carbons (Fsp3) is 0. The number of hydrogen-bond acceptors (Lipinski definition) is 4. The molecule has 0 unspecified atom stereocenters. The third-order valence-corrected chi connectivity index (χ3v) is 5.22. The number of hydrogen-bond donors (Lipinski definition) is 0. The van der Waals surface area contributed by atoms with Crippen LogP contribution in [0.25, 0.3) is 33.4 Å². The topological polar surface area (TPSA) is 68.3 Å². The van der Waals surface area contributed by atoms with Gasteiger partial charge in [-0.1, -0.05) is 36.4 Å². The summed E-state index contributed by atoms with van der Waals surface area (Å²) in [7, 11) is 0. The minimum Gasteiger partial charge on any atom is -0.298 e. The van der Waals surface area contributed by atoms with Gasteiger partial charge in [-0.3, -0.25) is 19.2 Å². The highest BCUT2D eigenvalue weighted by Crippen LogP contribution is 2.31. The van der Waals surface area contributed by atoms with Crippen molar-refractivity contribution in [1.29, 1.82) is 0 Å². The van der Waals surface area contributed by atoms with Crippen LogP contribution in [0.3, 0.4) is 0 Å².